The summed E-state index contributed by atoms with van der Waals surface area (Å²) in [5, 5.41) is 2.85. The summed E-state index contributed by atoms with van der Waals surface area (Å²) in [5.74, 6) is 0.307. The molecule has 2 rings (SSSR count). The van der Waals surface area contributed by atoms with Gasteiger partial charge in [0, 0.05) is 25.7 Å². The van der Waals surface area contributed by atoms with Gasteiger partial charge in [0.1, 0.15) is 6.61 Å². The van der Waals surface area contributed by atoms with Crippen LogP contribution in [0.4, 0.5) is 0 Å². The smallest absolute Gasteiger partial charge is 0.251 e. The van der Waals surface area contributed by atoms with E-state index in [4.69, 9.17) is 4.74 Å². The third-order valence-corrected chi connectivity index (χ3v) is 3.68. The van der Waals surface area contributed by atoms with Gasteiger partial charge in [-0.3, -0.25) is 9.59 Å². The Balaban J connectivity index is 1.85. The number of carbonyl (C=O) groups is 2. The molecule has 0 saturated carbocycles. The fourth-order valence-electron chi connectivity index (χ4n) is 2.21. The maximum Gasteiger partial charge on any atom is 0.251 e. The highest BCUT2D eigenvalue weighted by Crippen LogP contribution is 2.14. The molecule has 0 bridgehead atoms. The molecule has 1 fully saturated rings. The van der Waals surface area contributed by atoms with Crippen LogP contribution in [0, 0.1) is 0 Å². The zero-order chi connectivity index (χ0) is 15.4. The van der Waals surface area contributed by atoms with E-state index in [1.54, 1.807) is 11.9 Å². The van der Waals surface area contributed by atoms with Crippen molar-refractivity contribution in [1.29, 1.82) is 0 Å². The molecule has 114 valence electrons. The second kappa shape index (κ2) is 6.72. The van der Waals surface area contributed by atoms with Crippen LogP contribution in [0.2, 0.25) is 0 Å². The van der Waals surface area contributed by atoms with E-state index in [-0.39, 0.29) is 24.5 Å². The van der Waals surface area contributed by atoms with Crippen molar-refractivity contribution in [2.24, 2.45) is 0 Å². The first-order valence-corrected chi connectivity index (χ1v) is 7.21. The van der Waals surface area contributed by atoms with Gasteiger partial charge in [0.05, 0.1) is 6.10 Å². The van der Waals surface area contributed by atoms with Crippen molar-refractivity contribution >= 4 is 11.8 Å². The molecule has 0 spiro atoms. The van der Waals surface area contributed by atoms with Gasteiger partial charge in [0.15, 0.2) is 0 Å². The van der Waals surface area contributed by atoms with E-state index in [2.05, 4.69) is 19.2 Å². The van der Waals surface area contributed by atoms with Crippen molar-refractivity contribution in [2.75, 3.05) is 26.7 Å². The van der Waals surface area contributed by atoms with E-state index in [9.17, 15) is 9.59 Å². The molecule has 2 amide bonds. The molecule has 1 aromatic rings. The van der Waals surface area contributed by atoms with Crippen molar-refractivity contribution in [3.05, 3.63) is 35.4 Å². The van der Waals surface area contributed by atoms with Crippen LogP contribution in [0.3, 0.4) is 0 Å². The van der Waals surface area contributed by atoms with Crippen LogP contribution in [0.5, 0.6) is 0 Å². The van der Waals surface area contributed by atoms with Crippen molar-refractivity contribution in [3.8, 4) is 0 Å². The van der Waals surface area contributed by atoms with Gasteiger partial charge in [-0.2, -0.15) is 0 Å². The monoisotopic (exact) mass is 290 g/mol. The van der Waals surface area contributed by atoms with Gasteiger partial charge in [-0.15, -0.1) is 0 Å². The van der Waals surface area contributed by atoms with E-state index >= 15 is 0 Å². The van der Waals surface area contributed by atoms with Crippen molar-refractivity contribution in [3.63, 3.8) is 0 Å². The summed E-state index contributed by atoms with van der Waals surface area (Å²) < 4.78 is 5.39. The van der Waals surface area contributed by atoms with Gasteiger partial charge in [-0.25, -0.2) is 0 Å². The lowest BCUT2D eigenvalue weighted by molar-refractivity contribution is -0.146. The summed E-state index contributed by atoms with van der Waals surface area (Å²) in [6, 6.07) is 7.62. The highest BCUT2D eigenvalue weighted by atomic mass is 16.5. The first-order valence-electron chi connectivity index (χ1n) is 7.21. The number of rotatable bonds is 4. The summed E-state index contributed by atoms with van der Waals surface area (Å²) in [4.78, 5) is 25.0. The first kappa shape index (κ1) is 15.5. The molecular weight excluding hydrogens is 268 g/mol. The fraction of sp³-hybridized carbons (Fsp3) is 0.500. The number of likely N-dealkylation sites (N-methyl/N-ethyl adjacent to an activating group) is 1. The maximum atomic E-state index is 12.1. The summed E-state index contributed by atoms with van der Waals surface area (Å²) in [6.45, 7) is 5.23. The predicted molar refractivity (Wildman–Crippen MR) is 80.2 cm³/mol. The Kier molecular flexibility index (Phi) is 4.96. The van der Waals surface area contributed by atoms with E-state index in [0.29, 0.717) is 24.6 Å². The van der Waals surface area contributed by atoms with Gasteiger partial charge < -0.3 is 15.0 Å². The fourth-order valence-corrected chi connectivity index (χ4v) is 2.21. The highest BCUT2D eigenvalue weighted by Gasteiger charge is 2.23. The van der Waals surface area contributed by atoms with Crippen LogP contribution in [-0.4, -0.2) is 49.6 Å². The third kappa shape index (κ3) is 4.04. The number of benzene rings is 1. The Morgan fingerprint density at radius 1 is 1.38 bits per heavy atom. The SMILES string of the molecule is CC(C)c1ccc(C(=O)NCC2CN(C)C(=O)CO2)cc1. The molecule has 1 aliphatic heterocycles. The van der Waals surface area contributed by atoms with Gasteiger partial charge in [-0.1, -0.05) is 26.0 Å². The molecule has 1 atom stereocenters. The van der Waals surface area contributed by atoms with Crippen LogP contribution in [0.1, 0.15) is 35.7 Å². The Labute approximate surface area is 125 Å². The van der Waals surface area contributed by atoms with Gasteiger partial charge in [0.2, 0.25) is 5.91 Å². The molecule has 0 radical (unpaired) electrons. The molecule has 0 aromatic heterocycles. The Hall–Kier alpha value is -1.88. The molecule has 1 heterocycles. The molecule has 5 heteroatoms. The number of nitrogens with one attached hydrogen (secondary N) is 1. The molecule has 1 unspecified atom stereocenters. The van der Waals surface area contributed by atoms with Crippen LogP contribution in [0.15, 0.2) is 24.3 Å². The molecular formula is C16H22N2O3. The molecule has 1 aromatic carbocycles. The average Bonchev–Trinajstić information content (AvgIpc) is 2.48. The molecule has 0 aliphatic carbocycles. The summed E-state index contributed by atoms with van der Waals surface area (Å²) >= 11 is 0. The lowest BCUT2D eigenvalue weighted by atomic mass is 10.0. The lowest BCUT2D eigenvalue weighted by Crippen LogP contribution is -2.48. The van der Waals surface area contributed by atoms with E-state index in [1.807, 2.05) is 24.3 Å². The zero-order valence-electron chi connectivity index (χ0n) is 12.8. The number of amides is 2. The van der Waals surface area contributed by atoms with E-state index in [1.165, 1.54) is 5.56 Å². The Morgan fingerprint density at radius 2 is 2.05 bits per heavy atom. The lowest BCUT2D eigenvalue weighted by Gasteiger charge is -2.29. The first-order chi connectivity index (χ1) is 9.97. The summed E-state index contributed by atoms with van der Waals surface area (Å²) in [7, 11) is 1.74. The zero-order valence-corrected chi connectivity index (χ0v) is 12.8. The third-order valence-electron chi connectivity index (χ3n) is 3.68. The Morgan fingerprint density at radius 3 is 2.62 bits per heavy atom. The van der Waals surface area contributed by atoms with Crippen LogP contribution >= 0.6 is 0 Å². The topological polar surface area (TPSA) is 58.6 Å². The normalized spacial score (nSPS) is 19.0. The van der Waals surface area contributed by atoms with Crippen molar-refractivity contribution in [1.82, 2.24) is 10.2 Å². The molecule has 1 aliphatic rings. The molecule has 1 N–H and O–H groups in total. The minimum absolute atomic E-state index is 0.0261. The predicted octanol–water partition coefficient (Wildman–Crippen LogP) is 1.40. The molecule has 1 saturated heterocycles. The summed E-state index contributed by atoms with van der Waals surface area (Å²) in [6.07, 6.45) is -0.147. The van der Waals surface area contributed by atoms with Gasteiger partial charge in [0.25, 0.3) is 5.91 Å². The van der Waals surface area contributed by atoms with Crippen LogP contribution in [-0.2, 0) is 9.53 Å². The number of hydrogen-bond acceptors (Lipinski definition) is 3. The van der Waals surface area contributed by atoms with E-state index < -0.39 is 0 Å². The largest absolute Gasteiger partial charge is 0.365 e. The average molecular weight is 290 g/mol. The van der Waals surface area contributed by atoms with Gasteiger partial charge >= 0.3 is 0 Å². The second-order valence-corrected chi connectivity index (χ2v) is 5.69. The number of hydrogen-bond donors (Lipinski definition) is 1. The Bertz CT molecular complexity index is 511. The maximum absolute atomic E-state index is 12.1. The van der Waals surface area contributed by atoms with Crippen LogP contribution < -0.4 is 5.32 Å². The minimum atomic E-state index is -0.147. The van der Waals surface area contributed by atoms with E-state index in [0.717, 1.165) is 0 Å². The van der Waals surface area contributed by atoms with Crippen LogP contribution in [0.25, 0.3) is 0 Å². The number of ether oxygens (including phenoxy) is 1. The summed E-state index contributed by atoms with van der Waals surface area (Å²) in [5.41, 5.74) is 1.85. The second-order valence-electron chi connectivity index (χ2n) is 5.69. The number of morpholine rings is 1. The van der Waals surface area contributed by atoms with Crippen molar-refractivity contribution < 1.29 is 14.3 Å². The molecule has 5 nitrogen and oxygen atoms in total. The highest BCUT2D eigenvalue weighted by molar-refractivity contribution is 5.94. The number of carbonyl (C=O) groups excluding carboxylic acids is 2. The van der Waals surface area contributed by atoms with Crippen molar-refractivity contribution in [2.45, 2.75) is 25.9 Å². The quantitative estimate of drug-likeness (QED) is 0.912. The number of nitrogens with zero attached hydrogens (tertiary/aromatic N) is 1. The van der Waals surface area contributed by atoms with Gasteiger partial charge in [-0.05, 0) is 23.6 Å². The molecule has 21 heavy (non-hydrogen) atoms. The standard InChI is InChI=1S/C16H22N2O3/c1-11(2)12-4-6-13(7-5-12)16(20)17-8-14-9-18(3)15(19)10-21-14/h4-7,11,14H,8-10H2,1-3H3,(H,17,20). The minimum Gasteiger partial charge on any atom is -0.365 e.